The Morgan fingerprint density at radius 2 is 1.93 bits per heavy atom. The highest BCUT2D eigenvalue weighted by atomic mass is 16.6. The molecule has 1 aliphatic carbocycles. The molecule has 1 aromatic heterocycles. The number of amides is 3. The van der Waals surface area contributed by atoms with Crippen LogP contribution in [0.5, 0.6) is 0 Å². The number of benzene rings is 1. The number of fused-ring (bicyclic) bond motifs is 1. The van der Waals surface area contributed by atoms with Crippen molar-refractivity contribution >= 4 is 40.7 Å². The molecule has 0 radical (unpaired) electrons. The number of nitrogens with zero attached hydrogens (tertiary/aromatic N) is 2. The average Bonchev–Trinajstić information content (AvgIpc) is 3.79. The zero-order valence-corrected chi connectivity index (χ0v) is 23.6. The van der Waals surface area contributed by atoms with Crippen LogP contribution in [0.2, 0.25) is 0 Å². The number of nitrogens with two attached hydrogens (primary N) is 1. The second kappa shape index (κ2) is 12.2. The second-order valence-corrected chi connectivity index (χ2v) is 11.3. The molecule has 2 aliphatic rings. The highest BCUT2D eigenvalue weighted by molar-refractivity contribution is 5.91. The van der Waals surface area contributed by atoms with Crippen molar-refractivity contribution < 1.29 is 23.9 Å². The Morgan fingerprint density at radius 3 is 2.60 bits per heavy atom. The van der Waals surface area contributed by atoms with E-state index >= 15 is 0 Å². The van der Waals surface area contributed by atoms with Crippen LogP contribution in [0.3, 0.4) is 0 Å². The fourth-order valence-corrected chi connectivity index (χ4v) is 4.62. The smallest absolute Gasteiger partial charge is 0.316 e. The summed E-state index contributed by atoms with van der Waals surface area (Å²) in [5.74, 6) is -2.04. The number of hydrazine groups is 1. The minimum Gasteiger partial charge on any atom is -0.451 e. The van der Waals surface area contributed by atoms with E-state index in [2.05, 4.69) is 22.7 Å². The summed E-state index contributed by atoms with van der Waals surface area (Å²) in [5.41, 5.74) is 10.0. The van der Waals surface area contributed by atoms with Crippen molar-refractivity contribution in [2.75, 3.05) is 6.54 Å². The molecule has 214 valence electrons. The number of carbonyl (C=O) groups is 4. The van der Waals surface area contributed by atoms with Crippen LogP contribution in [-0.2, 0) is 30.3 Å². The van der Waals surface area contributed by atoms with E-state index in [9.17, 15) is 19.2 Å². The van der Waals surface area contributed by atoms with Gasteiger partial charge < -0.3 is 15.8 Å². The van der Waals surface area contributed by atoms with Gasteiger partial charge in [-0.25, -0.2) is 5.43 Å². The highest BCUT2D eigenvalue weighted by Crippen LogP contribution is 2.36. The zero-order chi connectivity index (χ0) is 29.0. The molecule has 40 heavy (non-hydrogen) atoms. The third kappa shape index (κ3) is 7.04. The number of ether oxygens (including phenoxy) is 1. The Bertz CT molecular complexity index is 1320. The van der Waals surface area contributed by atoms with Crippen LogP contribution in [0.1, 0.15) is 64.6 Å². The van der Waals surface area contributed by atoms with Crippen molar-refractivity contribution in [3.63, 3.8) is 0 Å². The van der Waals surface area contributed by atoms with Gasteiger partial charge in [-0.2, -0.15) is 0 Å². The van der Waals surface area contributed by atoms with Gasteiger partial charge in [0.15, 0.2) is 6.10 Å². The van der Waals surface area contributed by atoms with E-state index in [-0.39, 0.29) is 11.8 Å². The van der Waals surface area contributed by atoms with Crippen LogP contribution in [0.4, 0.5) is 0 Å². The van der Waals surface area contributed by atoms with Gasteiger partial charge in [0.1, 0.15) is 12.1 Å². The Hall–Kier alpha value is -3.79. The van der Waals surface area contributed by atoms with Gasteiger partial charge in [0.25, 0.3) is 11.8 Å². The lowest BCUT2D eigenvalue weighted by Gasteiger charge is -2.34. The van der Waals surface area contributed by atoms with E-state index in [4.69, 9.17) is 10.5 Å². The molecule has 1 saturated heterocycles. The number of hydrogen-bond acceptors (Lipinski definition) is 7. The maximum atomic E-state index is 13.2. The first-order chi connectivity index (χ1) is 19.0. The van der Waals surface area contributed by atoms with Gasteiger partial charge in [-0.3, -0.25) is 29.2 Å². The van der Waals surface area contributed by atoms with Crippen LogP contribution < -0.4 is 16.5 Å². The van der Waals surface area contributed by atoms with Crippen molar-refractivity contribution in [2.45, 2.75) is 78.0 Å². The molecular formula is C30H39N5O5. The van der Waals surface area contributed by atoms with E-state index in [1.54, 1.807) is 26.8 Å². The van der Waals surface area contributed by atoms with Crippen molar-refractivity contribution in [2.24, 2.45) is 17.1 Å². The number of pyridine rings is 1. The average molecular weight is 550 g/mol. The van der Waals surface area contributed by atoms with Crippen molar-refractivity contribution in [1.82, 2.24) is 20.7 Å². The Morgan fingerprint density at radius 1 is 1.20 bits per heavy atom. The predicted octanol–water partition coefficient (Wildman–Crippen LogP) is 2.64. The number of aryl methyl sites for hydroxylation is 1. The fraction of sp³-hybridized carbons (Fsp3) is 0.500. The lowest BCUT2D eigenvalue weighted by atomic mass is 9.92. The van der Waals surface area contributed by atoms with Crippen molar-refractivity contribution in [1.29, 1.82) is 0 Å². The summed E-state index contributed by atoms with van der Waals surface area (Å²) >= 11 is 0. The van der Waals surface area contributed by atoms with Crippen LogP contribution in [-0.4, -0.2) is 58.4 Å². The van der Waals surface area contributed by atoms with Gasteiger partial charge in [-0.15, -0.1) is 0 Å². The van der Waals surface area contributed by atoms with E-state index < -0.39 is 41.4 Å². The van der Waals surface area contributed by atoms with Crippen LogP contribution in [0.15, 0.2) is 36.4 Å². The molecule has 0 spiro atoms. The predicted molar refractivity (Wildman–Crippen MR) is 151 cm³/mol. The molecule has 10 nitrogen and oxygen atoms in total. The summed E-state index contributed by atoms with van der Waals surface area (Å²) in [4.78, 5) is 55.4. The quantitative estimate of drug-likeness (QED) is 0.387. The number of rotatable bonds is 10. The molecule has 2 fully saturated rings. The van der Waals surface area contributed by atoms with E-state index in [0.29, 0.717) is 19.4 Å². The molecule has 2 heterocycles. The first-order valence-electron chi connectivity index (χ1n) is 14.0. The maximum Gasteiger partial charge on any atom is 0.316 e. The molecule has 3 amide bonds. The number of hydrogen-bond donors (Lipinski definition) is 3. The van der Waals surface area contributed by atoms with E-state index in [1.807, 2.05) is 36.4 Å². The number of aromatic nitrogens is 1. The third-order valence-electron chi connectivity index (χ3n) is 7.42. The zero-order valence-electron chi connectivity index (χ0n) is 23.6. The summed E-state index contributed by atoms with van der Waals surface area (Å²) in [6, 6.07) is 8.50. The molecule has 1 aliphatic heterocycles. The van der Waals surface area contributed by atoms with Gasteiger partial charge in [0.2, 0.25) is 5.91 Å². The standard InChI is InChI=1S/C30H39N5O5/c1-5-22-13-12-20-9-8-19(17-24(20)33-22)14-15-30(3,4)29(39)40-25(21-10-11-21)27(37)32-18(2)28(38)35-16-6-7-23(34-35)26(31)36/h8-9,12-15,17-18,21,23,25,34H,5-7,10-11,16H2,1-4H3,(H2,31,36)(H,32,37)/b15-14+. The van der Waals surface area contributed by atoms with E-state index in [0.717, 1.165) is 41.4 Å². The topological polar surface area (TPSA) is 144 Å². The van der Waals surface area contributed by atoms with Crippen LogP contribution in [0.25, 0.3) is 17.0 Å². The largest absolute Gasteiger partial charge is 0.451 e. The van der Waals surface area contributed by atoms with Gasteiger partial charge in [0, 0.05) is 23.5 Å². The molecule has 3 unspecified atom stereocenters. The first kappa shape index (κ1) is 29.2. The van der Waals surface area contributed by atoms with Gasteiger partial charge in [-0.05, 0) is 70.6 Å². The molecule has 1 aromatic carbocycles. The summed E-state index contributed by atoms with van der Waals surface area (Å²) in [6.45, 7) is 7.51. The fourth-order valence-electron chi connectivity index (χ4n) is 4.62. The molecule has 3 atom stereocenters. The monoisotopic (exact) mass is 549 g/mol. The third-order valence-corrected chi connectivity index (χ3v) is 7.42. The number of esters is 1. The minimum atomic E-state index is -0.996. The summed E-state index contributed by atoms with van der Waals surface area (Å²) in [6.07, 6.45) is 6.19. The molecule has 4 rings (SSSR count). The maximum absolute atomic E-state index is 13.2. The molecule has 2 aromatic rings. The van der Waals surface area contributed by atoms with Crippen molar-refractivity contribution in [3.05, 3.63) is 47.7 Å². The van der Waals surface area contributed by atoms with E-state index in [1.165, 1.54) is 5.01 Å². The molecule has 0 bridgehead atoms. The molecule has 10 heteroatoms. The lowest BCUT2D eigenvalue weighted by Crippen LogP contribution is -2.60. The number of carbonyl (C=O) groups excluding carboxylic acids is 4. The summed E-state index contributed by atoms with van der Waals surface area (Å²) in [5, 5.41) is 5.06. The van der Waals surface area contributed by atoms with Gasteiger partial charge in [0.05, 0.1) is 10.9 Å². The normalized spacial score (nSPS) is 19.3. The number of primary amides is 1. The highest BCUT2D eigenvalue weighted by Gasteiger charge is 2.42. The Labute approximate surface area is 234 Å². The van der Waals surface area contributed by atoms with Crippen molar-refractivity contribution in [3.8, 4) is 0 Å². The van der Waals surface area contributed by atoms with Crippen LogP contribution in [0, 0.1) is 11.3 Å². The SMILES string of the molecule is CCc1ccc2ccc(/C=C/C(C)(C)C(=O)OC(C(=O)NC(C)C(=O)N3CCCC(C(N)=O)N3)C3CC3)cc2n1. The van der Waals surface area contributed by atoms with Gasteiger partial charge >= 0.3 is 5.97 Å². The second-order valence-electron chi connectivity index (χ2n) is 11.3. The van der Waals surface area contributed by atoms with Crippen LogP contribution >= 0.6 is 0 Å². The summed E-state index contributed by atoms with van der Waals surface area (Å²) < 4.78 is 5.75. The summed E-state index contributed by atoms with van der Waals surface area (Å²) in [7, 11) is 0. The molecule has 1 saturated carbocycles. The van der Waals surface area contributed by atoms with Gasteiger partial charge in [-0.1, -0.05) is 37.3 Å². The Balaban J connectivity index is 1.38. The molecular weight excluding hydrogens is 510 g/mol. The Kier molecular flexibility index (Phi) is 8.88. The first-order valence-corrected chi connectivity index (χ1v) is 14.0. The minimum absolute atomic E-state index is 0.0855. The lowest BCUT2D eigenvalue weighted by molar-refractivity contribution is -0.164. The molecule has 4 N–H and O–H groups in total. The number of nitrogens with one attached hydrogen (secondary N) is 2.